The Morgan fingerprint density at radius 2 is 2.16 bits per heavy atom. The van der Waals surface area contributed by atoms with Gasteiger partial charge >= 0.3 is 5.97 Å². The lowest BCUT2D eigenvalue weighted by Gasteiger charge is -2.19. The van der Waals surface area contributed by atoms with Gasteiger partial charge in [-0.1, -0.05) is 6.07 Å². The minimum absolute atomic E-state index is 0.253. The quantitative estimate of drug-likeness (QED) is 0.838. The largest absolute Gasteiger partial charge is 0.468 e. The Hall–Kier alpha value is -1.62. The van der Waals surface area contributed by atoms with Crippen molar-refractivity contribution in [3.8, 4) is 0 Å². The lowest BCUT2D eigenvalue weighted by atomic mass is 10.1. The fourth-order valence-electron chi connectivity index (χ4n) is 2.38. The van der Waals surface area contributed by atoms with Crippen molar-refractivity contribution in [1.82, 2.24) is 0 Å². The summed E-state index contributed by atoms with van der Waals surface area (Å²) in [7, 11) is 1.29. The second-order valence-electron chi connectivity index (χ2n) is 4.81. The van der Waals surface area contributed by atoms with E-state index in [2.05, 4.69) is 4.74 Å². The first-order valence-corrected chi connectivity index (χ1v) is 6.48. The number of rotatable bonds is 4. The van der Waals surface area contributed by atoms with Gasteiger partial charge in [-0.2, -0.15) is 0 Å². The number of halogens is 1. The van der Waals surface area contributed by atoms with Crippen molar-refractivity contribution in [3.05, 3.63) is 29.6 Å². The number of anilines is 1. The number of esters is 1. The average molecular weight is 266 g/mol. The Bertz CT molecular complexity index is 459. The van der Waals surface area contributed by atoms with Gasteiger partial charge < -0.3 is 15.4 Å². The minimum atomic E-state index is -0.748. The normalized spacial score (nSPS) is 16.5. The topological polar surface area (TPSA) is 55.6 Å². The lowest BCUT2D eigenvalue weighted by Crippen LogP contribution is -2.33. The predicted molar refractivity (Wildman–Crippen MR) is 71.5 cm³/mol. The Balaban J connectivity index is 2.08. The molecule has 0 radical (unpaired) electrons. The van der Waals surface area contributed by atoms with Crippen LogP contribution in [0.25, 0.3) is 0 Å². The first kappa shape index (κ1) is 13.8. The van der Waals surface area contributed by atoms with Crippen molar-refractivity contribution in [2.45, 2.75) is 25.3 Å². The molecule has 2 rings (SSSR count). The zero-order valence-corrected chi connectivity index (χ0v) is 11.1. The summed E-state index contributed by atoms with van der Waals surface area (Å²) in [5.41, 5.74) is 7.00. The van der Waals surface area contributed by atoms with Crippen LogP contribution in [0.1, 0.15) is 18.4 Å². The van der Waals surface area contributed by atoms with E-state index in [-0.39, 0.29) is 12.2 Å². The lowest BCUT2D eigenvalue weighted by molar-refractivity contribution is -0.142. The zero-order valence-electron chi connectivity index (χ0n) is 11.1. The highest BCUT2D eigenvalue weighted by Gasteiger charge is 2.18. The maximum atomic E-state index is 14.0. The molecule has 1 aliphatic heterocycles. The maximum absolute atomic E-state index is 14.0. The molecule has 0 amide bonds. The molecule has 1 atom stereocenters. The summed E-state index contributed by atoms with van der Waals surface area (Å²) in [6, 6.07) is 4.29. The van der Waals surface area contributed by atoms with Gasteiger partial charge in [0.15, 0.2) is 0 Å². The van der Waals surface area contributed by atoms with Crippen LogP contribution in [0.4, 0.5) is 10.1 Å². The van der Waals surface area contributed by atoms with Gasteiger partial charge in [-0.15, -0.1) is 0 Å². The van der Waals surface area contributed by atoms with Crippen LogP contribution in [0.5, 0.6) is 0 Å². The average Bonchev–Trinajstić information content (AvgIpc) is 2.91. The van der Waals surface area contributed by atoms with Crippen LogP contribution in [-0.2, 0) is 16.0 Å². The summed E-state index contributed by atoms with van der Waals surface area (Å²) in [6.45, 7) is 1.80. The van der Waals surface area contributed by atoms with Crippen LogP contribution in [0.2, 0.25) is 0 Å². The predicted octanol–water partition coefficient (Wildman–Crippen LogP) is 1.47. The van der Waals surface area contributed by atoms with E-state index in [9.17, 15) is 9.18 Å². The van der Waals surface area contributed by atoms with Gasteiger partial charge in [0.2, 0.25) is 0 Å². The molecule has 0 spiro atoms. The van der Waals surface area contributed by atoms with E-state index in [1.54, 1.807) is 6.07 Å². The fraction of sp³-hybridized carbons (Fsp3) is 0.500. The molecule has 1 heterocycles. The first-order chi connectivity index (χ1) is 9.11. The smallest absolute Gasteiger partial charge is 0.322 e. The molecule has 1 aromatic carbocycles. The summed E-state index contributed by atoms with van der Waals surface area (Å²) in [5.74, 6) is -0.736. The fourth-order valence-corrected chi connectivity index (χ4v) is 2.38. The maximum Gasteiger partial charge on any atom is 0.322 e. The summed E-state index contributed by atoms with van der Waals surface area (Å²) in [4.78, 5) is 13.3. The molecule has 104 valence electrons. The molecule has 19 heavy (non-hydrogen) atoms. The van der Waals surface area contributed by atoms with Crippen molar-refractivity contribution in [2.24, 2.45) is 5.73 Å². The van der Waals surface area contributed by atoms with Gasteiger partial charge in [-0.05, 0) is 37.0 Å². The van der Waals surface area contributed by atoms with Crippen LogP contribution >= 0.6 is 0 Å². The number of nitrogens with zero attached hydrogens (tertiary/aromatic N) is 1. The van der Waals surface area contributed by atoms with E-state index in [0.717, 1.165) is 25.9 Å². The number of ether oxygens (including phenoxy) is 1. The Morgan fingerprint density at radius 1 is 1.47 bits per heavy atom. The third-order valence-corrected chi connectivity index (χ3v) is 3.42. The van der Waals surface area contributed by atoms with Crippen LogP contribution in [0.3, 0.4) is 0 Å². The number of benzene rings is 1. The highest BCUT2D eigenvalue weighted by molar-refractivity contribution is 5.75. The van der Waals surface area contributed by atoms with E-state index in [0.29, 0.717) is 11.3 Å². The van der Waals surface area contributed by atoms with E-state index < -0.39 is 12.0 Å². The van der Waals surface area contributed by atoms with E-state index in [1.165, 1.54) is 13.2 Å². The molecule has 0 saturated carbocycles. The molecule has 2 N–H and O–H groups in total. The molecule has 4 nitrogen and oxygen atoms in total. The summed E-state index contributed by atoms with van der Waals surface area (Å²) in [5, 5.41) is 0. The number of nitrogens with two attached hydrogens (primary N) is 1. The van der Waals surface area contributed by atoms with Crippen molar-refractivity contribution >= 4 is 11.7 Å². The monoisotopic (exact) mass is 266 g/mol. The molecule has 0 aromatic heterocycles. The second-order valence-corrected chi connectivity index (χ2v) is 4.81. The standard InChI is InChI=1S/C14H19FN2O2/c1-19-14(18)12(16)9-10-4-5-13(11(15)8-10)17-6-2-3-7-17/h4-5,8,12H,2-3,6-7,9,16H2,1H3. The summed E-state index contributed by atoms with van der Waals surface area (Å²) in [6.07, 6.45) is 2.49. The van der Waals surface area contributed by atoms with Crippen LogP contribution in [0, 0.1) is 5.82 Å². The molecule has 1 aliphatic rings. The van der Waals surface area contributed by atoms with Gasteiger partial charge in [0.25, 0.3) is 0 Å². The minimum Gasteiger partial charge on any atom is -0.468 e. The summed E-state index contributed by atoms with van der Waals surface area (Å²) < 4.78 is 18.6. The highest BCUT2D eigenvalue weighted by atomic mass is 19.1. The first-order valence-electron chi connectivity index (χ1n) is 6.48. The Labute approximate surface area is 112 Å². The van der Waals surface area contributed by atoms with E-state index in [4.69, 9.17) is 5.73 Å². The van der Waals surface area contributed by atoms with Crippen molar-refractivity contribution < 1.29 is 13.9 Å². The Morgan fingerprint density at radius 3 is 2.74 bits per heavy atom. The molecule has 1 saturated heterocycles. The number of methoxy groups -OCH3 is 1. The highest BCUT2D eigenvalue weighted by Crippen LogP contribution is 2.24. The van der Waals surface area contributed by atoms with Crippen molar-refractivity contribution in [3.63, 3.8) is 0 Å². The van der Waals surface area contributed by atoms with Gasteiger partial charge in [-0.25, -0.2) is 4.39 Å². The SMILES string of the molecule is COC(=O)C(N)Cc1ccc(N2CCCC2)c(F)c1. The van der Waals surface area contributed by atoms with E-state index >= 15 is 0 Å². The van der Waals surface area contributed by atoms with Gasteiger partial charge in [0.1, 0.15) is 11.9 Å². The third kappa shape index (κ3) is 3.23. The molecule has 0 bridgehead atoms. The van der Waals surface area contributed by atoms with Gasteiger partial charge in [-0.3, -0.25) is 4.79 Å². The molecule has 0 aliphatic carbocycles. The number of carbonyl (C=O) groups is 1. The van der Waals surface area contributed by atoms with E-state index in [1.807, 2.05) is 11.0 Å². The molecule has 1 fully saturated rings. The van der Waals surface area contributed by atoms with Crippen LogP contribution < -0.4 is 10.6 Å². The number of hydrogen-bond donors (Lipinski definition) is 1. The molecule has 1 aromatic rings. The number of carbonyl (C=O) groups excluding carboxylic acids is 1. The van der Waals surface area contributed by atoms with Crippen LogP contribution in [-0.4, -0.2) is 32.2 Å². The summed E-state index contributed by atoms with van der Waals surface area (Å²) >= 11 is 0. The van der Waals surface area contributed by atoms with Crippen LogP contribution in [0.15, 0.2) is 18.2 Å². The van der Waals surface area contributed by atoms with Crippen molar-refractivity contribution in [1.29, 1.82) is 0 Å². The second kappa shape index (κ2) is 6.02. The number of hydrogen-bond acceptors (Lipinski definition) is 4. The zero-order chi connectivity index (χ0) is 13.8. The molecular weight excluding hydrogens is 247 g/mol. The molecule has 5 heteroatoms. The van der Waals surface area contributed by atoms with Crippen molar-refractivity contribution in [2.75, 3.05) is 25.1 Å². The van der Waals surface area contributed by atoms with Gasteiger partial charge in [0.05, 0.1) is 12.8 Å². The molecular formula is C14H19FN2O2. The third-order valence-electron chi connectivity index (χ3n) is 3.42. The molecule has 1 unspecified atom stereocenters. The Kier molecular flexibility index (Phi) is 4.37. The van der Waals surface area contributed by atoms with Gasteiger partial charge in [0, 0.05) is 13.1 Å².